The molecule has 0 bridgehead atoms. The van der Waals surface area contributed by atoms with Gasteiger partial charge in [0, 0.05) is 7.05 Å². The minimum Gasteiger partial charge on any atom is -0.486 e. The number of nitrogens with zero attached hydrogens (tertiary/aromatic N) is 3. The zero-order chi connectivity index (χ0) is 14.0. The Morgan fingerprint density at radius 2 is 2.26 bits per heavy atom. The van der Waals surface area contributed by atoms with Gasteiger partial charge >= 0.3 is 0 Å². The van der Waals surface area contributed by atoms with Crippen LogP contribution in [0, 0.1) is 18.3 Å². The van der Waals surface area contributed by atoms with Crippen LogP contribution in [-0.2, 0) is 13.7 Å². The van der Waals surface area contributed by atoms with Crippen molar-refractivity contribution in [2.45, 2.75) is 13.5 Å². The summed E-state index contributed by atoms with van der Waals surface area (Å²) < 4.78 is 8.36. The molecule has 0 N–H and O–H groups in total. The van der Waals surface area contributed by atoms with Crippen LogP contribution in [0.4, 0.5) is 0 Å². The highest BCUT2D eigenvalue weighted by Crippen LogP contribution is 2.27. The first-order valence-electron chi connectivity index (χ1n) is 5.53. The standard InChI is InChI=1S/C13H11BrClN3O/c1-8-13(14)11(18(2)17-8)7-19-12-4-3-9(6-16)5-10(12)15/h3-5H,7H2,1-2H3. The van der Waals surface area contributed by atoms with E-state index in [9.17, 15) is 0 Å². The van der Waals surface area contributed by atoms with E-state index in [1.54, 1.807) is 22.9 Å². The summed E-state index contributed by atoms with van der Waals surface area (Å²) in [5.41, 5.74) is 2.35. The average molecular weight is 341 g/mol. The Bertz CT molecular complexity index is 661. The first kappa shape index (κ1) is 13.9. The molecular formula is C13H11BrClN3O. The molecule has 19 heavy (non-hydrogen) atoms. The number of aromatic nitrogens is 2. The lowest BCUT2D eigenvalue weighted by molar-refractivity contribution is 0.294. The summed E-state index contributed by atoms with van der Waals surface area (Å²) in [6.07, 6.45) is 0. The maximum Gasteiger partial charge on any atom is 0.138 e. The lowest BCUT2D eigenvalue weighted by Gasteiger charge is -2.08. The van der Waals surface area contributed by atoms with Crippen LogP contribution in [0.3, 0.4) is 0 Å². The van der Waals surface area contributed by atoms with Crippen LogP contribution in [0.15, 0.2) is 22.7 Å². The molecule has 0 unspecified atom stereocenters. The number of hydrogen-bond acceptors (Lipinski definition) is 3. The third kappa shape index (κ3) is 2.91. The topological polar surface area (TPSA) is 50.8 Å². The quantitative estimate of drug-likeness (QED) is 0.858. The summed E-state index contributed by atoms with van der Waals surface area (Å²) in [4.78, 5) is 0. The molecule has 0 fully saturated rings. The van der Waals surface area contributed by atoms with Crippen molar-refractivity contribution in [3.63, 3.8) is 0 Å². The molecule has 0 aliphatic carbocycles. The molecule has 0 saturated carbocycles. The number of aryl methyl sites for hydroxylation is 2. The molecule has 0 radical (unpaired) electrons. The molecule has 0 saturated heterocycles. The first-order chi connectivity index (χ1) is 9.02. The number of benzene rings is 1. The van der Waals surface area contributed by atoms with Gasteiger partial charge in [0.2, 0.25) is 0 Å². The Labute approximate surface area is 124 Å². The second-order valence-corrected chi connectivity index (χ2v) is 5.22. The second kappa shape index (κ2) is 5.64. The van der Waals surface area contributed by atoms with Gasteiger partial charge in [0.25, 0.3) is 0 Å². The molecule has 2 aromatic rings. The molecule has 0 spiro atoms. The highest BCUT2D eigenvalue weighted by Gasteiger charge is 2.12. The summed E-state index contributed by atoms with van der Waals surface area (Å²) in [5.74, 6) is 0.548. The van der Waals surface area contributed by atoms with E-state index in [-0.39, 0.29) is 0 Å². The van der Waals surface area contributed by atoms with Crippen LogP contribution in [0.2, 0.25) is 5.02 Å². The minimum absolute atomic E-state index is 0.351. The van der Waals surface area contributed by atoms with E-state index in [1.165, 1.54) is 0 Å². The van der Waals surface area contributed by atoms with Gasteiger partial charge in [-0.2, -0.15) is 10.4 Å². The number of hydrogen-bond donors (Lipinski definition) is 0. The zero-order valence-corrected chi connectivity index (χ0v) is 12.8. The van der Waals surface area contributed by atoms with E-state index in [2.05, 4.69) is 21.0 Å². The number of halogens is 2. The Morgan fingerprint density at radius 3 is 2.79 bits per heavy atom. The predicted molar refractivity (Wildman–Crippen MR) is 76.1 cm³/mol. The molecule has 2 rings (SSSR count). The van der Waals surface area contributed by atoms with Crippen molar-refractivity contribution in [2.24, 2.45) is 7.05 Å². The second-order valence-electron chi connectivity index (χ2n) is 4.02. The molecule has 1 aromatic carbocycles. The SMILES string of the molecule is Cc1nn(C)c(COc2ccc(C#N)cc2Cl)c1Br. The molecule has 0 amide bonds. The van der Waals surface area contributed by atoms with Gasteiger partial charge in [0.05, 0.1) is 32.5 Å². The van der Waals surface area contributed by atoms with Gasteiger partial charge in [-0.05, 0) is 41.1 Å². The van der Waals surface area contributed by atoms with E-state index in [0.29, 0.717) is 22.9 Å². The normalized spacial score (nSPS) is 10.3. The fourth-order valence-electron chi connectivity index (χ4n) is 1.67. The van der Waals surface area contributed by atoms with Crippen molar-refractivity contribution >= 4 is 27.5 Å². The first-order valence-corrected chi connectivity index (χ1v) is 6.70. The van der Waals surface area contributed by atoms with Crippen molar-refractivity contribution < 1.29 is 4.74 Å². The predicted octanol–water partition coefficient (Wildman–Crippen LogP) is 3.60. The number of ether oxygens (including phenoxy) is 1. The largest absolute Gasteiger partial charge is 0.486 e. The third-order valence-electron chi connectivity index (χ3n) is 2.69. The highest BCUT2D eigenvalue weighted by atomic mass is 79.9. The molecule has 4 nitrogen and oxygen atoms in total. The van der Waals surface area contributed by atoms with Crippen molar-refractivity contribution in [1.82, 2.24) is 9.78 Å². The summed E-state index contributed by atoms with van der Waals surface area (Å²) in [7, 11) is 1.86. The average Bonchev–Trinajstić information content (AvgIpc) is 2.62. The van der Waals surface area contributed by atoms with Gasteiger partial charge in [-0.1, -0.05) is 11.6 Å². The summed E-state index contributed by atoms with van der Waals surface area (Å²) in [6.45, 7) is 2.27. The molecule has 0 aliphatic heterocycles. The molecule has 98 valence electrons. The van der Waals surface area contributed by atoms with Crippen molar-refractivity contribution in [2.75, 3.05) is 0 Å². The zero-order valence-electron chi connectivity index (χ0n) is 10.4. The van der Waals surface area contributed by atoms with E-state index in [0.717, 1.165) is 15.9 Å². The monoisotopic (exact) mass is 339 g/mol. The Balaban J connectivity index is 2.17. The van der Waals surface area contributed by atoms with Gasteiger partial charge in [-0.25, -0.2) is 0 Å². The highest BCUT2D eigenvalue weighted by molar-refractivity contribution is 9.10. The van der Waals surface area contributed by atoms with Crippen LogP contribution >= 0.6 is 27.5 Å². The summed E-state index contributed by atoms with van der Waals surface area (Å²) >= 11 is 9.53. The lowest BCUT2D eigenvalue weighted by Crippen LogP contribution is -2.04. The summed E-state index contributed by atoms with van der Waals surface area (Å²) in [5, 5.41) is 13.5. The van der Waals surface area contributed by atoms with Crippen LogP contribution in [-0.4, -0.2) is 9.78 Å². The number of rotatable bonds is 3. The molecule has 6 heteroatoms. The van der Waals surface area contributed by atoms with Crippen LogP contribution < -0.4 is 4.74 Å². The fourth-order valence-corrected chi connectivity index (χ4v) is 2.36. The Morgan fingerprint density at radius 1 is 1.53 bits per heavy atom. The molecule has 1 heterocycles. The Hall–Kier alpha value is -1.51. The maximum absolute atomic E-state index is 8.77. The van der Waals surface area contributed by atoms with Gasteiger partial charge in [0.1, 0.15) is 12.4 Å². The van der Waals surface area contributed by atoms with Gasteiger partial charge in [0.15, 0.2) is 0 Å². The fraction of sp³-hybridized carbons (Fsp3) is 0.231. The Kier molecular flexibility index (Phi) is 4.13. The van der Waals surface area contributed by atoms with E-state index in [1.807, 2.05) is 20.0 Å². The van der Waals surface area contributed by atoms with E-state index in [4.69, 9.17) is 21.6 Å². The van der Waals surface area contributed by atoms with Crippen molar-refractivity contribution in [3.8, 4) is 11.8 Å². The van der Waals surface area contributed by atoms with Crippen LogP contribution in [0.25, 0.3) is 0 Å². The van der Waals surface area contributed by atoms with Crippen LogP contribution in [0.1, 0.15) is 17.0 Å². The van der Waals surface area contributed by atoms with Gasteiger partial charge in [-0.15, -0.1) is 0 Å². The van der Waals surface area contributed by atoms with Gasteiger partial charge in [-0.3, -0.25) is 4.68 Å². The van der Waals surface area contributed by atoms with E-state index < -0.39 is 0 Å². The third-order valence-corrected chi connectivity index (χ3v) is 4.01. The smallest absolute Gasteiger partial charge is 0.138 e. The van der Waals surface area contributed by atoms with Crippen molar-refractivity contribution in [1.29, 1.82) is 5.26 Å². The maximum atomic E-state index is 8.77. The molecule has 0 atom stereocenters. The van der Waals surface area contributed by atoms with Crippen LogP contribution in [0.5, 0.6) is 5.75 Å². The summed E-state index contributed by atoms with van der Waals surface area (Å²) in [6, 6.07) is 6.98. The molecule has 0 aliphatic rings. The van der Waals surface area contributed by atoms with Gasteiger partial charge < -0.3 is 4.74 Å². The molecular weight excluding hydrogens is 330 g/mol. The molecule has 1 aromatic heterocycles. The van der Waals surface area contributed by atoms with Crippen molar-refractivity contribution in [3.05, 3.63) is 44.6 Å². The lowest BCUT2D eigenvalue weighted by atomic mass is 10.2. The number of nitriles is 1. The van der Waals surface area contributed by atoms with E-state index >= 15 is 0 Å². The minimum atomic E-state index is 0.351.